The zero-order chi connectivity index (χ0) is 18.1. The summed E-state index contributed by atoms with van der Waals surface area (Å²) in [7, 11) is 1.86. The highest BCUT2D eigenvalue weighted by molar-refractivity contribution is 5.89. The summed E-state index contributed by atoms with van der Waals surface area (Å²) < 4.78 is 1.75. The van der Waals surface area contributed by atoms with Gasteiger partial charge in [0.1, 0.15) is 0 Å². The van der Waals surface area contributed by atoms with Gasteiger partial charge in [0, 0.05) is 24.8 Å². The molecule has 3 aromatic heterocycles. The van der Waals surface area contributed by atoms with Gasteiger partial charge in [-0.15, -0.1) is 0 Å². The van der Waals surface area contributed by atoms with E-state index < -0.39 is 5.97 Å². The number of hydrogen-bond acceptors (Lipinski definition) is 5. The van der Waals surface area contributed by atoms with Gasteiger partial charge in [-0.3, -0.25) is 4.68 Å². The van der Waals surface area contributed by atoms with E-state index in [9.17, 15) is 9.90 Å². The second-order valence-electron chi connectivity index (χ2n) is 6.17. The lowest BCUT2D eigenvalue weighted by Crippen LogP contribution is -2.08. The number of fused-ring (bicyclic) bond motifs is 1. The van der Waals surface area contributed by atoms with E-state index in [1.165, 1.54) is 6.20 Å². The molecule has 0 amide bonds. The molecule has 7 heteroatoms. The summed E-state index contributed by atoms with van der Waals surface area (Å²) in [4.78, 5) is 24.2. The third-order valence-corrected chi connectivity index (χ3v) is 3.92. The lowest BCUT2D eigenvalue weighted by atomic mass is 10.1. The highest BCUT2D eigenvalue weighted by Crippen LogP contribution is 2.19. The van der Waals surface area contributed by atoms with Gasteiger partial charge in [0.15, 0.2) is 11.5 Å². The molecule has 128 valence electrons. The van der Waals surface area contributed by atoms with Crippen molar-refractivity contribution in [1.82, 2.24) is 24.7 Å². The van der Waals surface area contributed by atoms with Gasteiger partial charge in [0.2, 0.25) is 0 Å². The minimum absolute atomic E-state index is 0.00249. The number of nitrogens with zero attached hydrogens (tertiary/aromatic N) is 5. The largest absolute Gasteiger partial charge is 0.478 e. The van der Waals surface area contributed by atoms with E-state index in [-0.39, 0.29) is 11.5 Å². The molecule has 0 spiro atoms. The van der Waals surface area contributed by atoms with E-state index in [1.54, 1.807) is 17.0 Å². The number of carboxylic acid groups (broad SMARTS) is 1. The Morgan fingerprint density at radius 2 is 2.00 bits per heavy atom. The van der Waals surface area contributed by atoms with Gasteiger partial charge < -0.3 is 5.11 Å². The van der Waals surface area contributed by atoms with Gasteiger partial charge in [-0.1, -0.05) is 13.8 Å². The van der Waals surface area contributed by atoms with E-state index in [0.29, 0.717) is 11.5 Å². The molecular weight excluding hydrogens is 318 g/mol. The SMILES string of the molecule is Cc1nn(C)c2ncc(/C=C/c3ncc(C(=O)O)c(C(C)C)n3)cc12. The van der Waals surface area contributed by atoms with Crippen molar-refractivity contribution in [3.8, 4) is 0 Å². The predicted octanol–water partition coefficient (Wildman–Crippen LogP) is 3.06. The molecule has 0 saturated carbocycles. The van der Waals surface area contributed by atoms with Crippen LogP contribution >= 0.6 is 0 Å². The molecule has 3 heterocycles. The highest BCUT2D eigenvalue weighted by Gasteiger charge is 2.15. The summed E-state index contributed by atoms with van der Waals surface area (Å²) in [6.07, 6.45) is 6.73. The maximum absolute atomic E-state index is 11.3. The van der Waals surface area contributed by atoms with Crippen LogP contribution in [0.25, 0.3) is 23.2 Å². The molecule has 0 unspecified atom stereocenters. The summed E-state index contributed by atoms with van der Waals surface area (Å²) >= 11 is 0. The summed E-state index contributed by atoms with van der Waals surface area (Å²) in [6.45, 7) is 5.76. The summed E-state index contributed by atoms with van der Waals surface area (Å²) in [5.41, 5.74) is 3.32. The number of rotatable bonds is 4. The number of hydrogen-bond donors (Lipinski definition) is 1. The average Bonchev–Trinajstić information content (AvgIpc) is 2.86. The number of aromatic nitrogens is 5. The Hall–Kier alpha value is -3.09. The van der Waals surface area contributed by atoms with Crippen LogP contribution in [0.15, 0.2) is 18.5 Å². The first-order valence-corrected chi connectivity index (χ1v) is 7.94. The Morgan fingerprint density at radius 1 is 1.24 bits per heavy atom. The molecule has 7 nitrogen and oxygen atoms in total. The van der Waals surface area contributed by atoms with Crippen LogP contribution in [0.5, 0.6) is 0 Å². The number of pyridine rings is 1. The van der Waals surface area contributed by atoms with E-state index >= 15 is 0 Å². The monoisotopic (exact) mass is 337 g/mol. The third-order valence-electron chi connectivity index (χ3n) is 3.92. The second-order valence-corrected chi connectivity index (χ2v) is 6.17. The number of aryl methyl sites for hydroxylation is 2. The molecule has 0 fully saturated rings. The first-order chi connectivity index (χ1) is 11.9. The summed E-state index contributed by atoms with van der Waals surface area (Å²) in [5.74, 6) is -0.546. The van der Waals surface area contributed by atoms with Gasteiger partial charge in [0.25, 0.3) is 0 Å². The fraction of sp³-hybridized carbons (Fsp3) is 0.278. The van der Waals surface area contributed by atoms with Gasteiger partial charge in [-0.25, -0.2) is 19.7 Å². The molecule has 0 radical (unpaired) electrons. The second kappa shape index (κ2) is 6.43. The van der Waals surface area contributed by atoms with Crippen LogP contribution < -0.4 is 0 Å². The third kappa shape index (κ3) is 3.26. The first-order valence-electron chi connectivity index (χ1n) is 7.94. The van der Waals surface area contributed by atoms with Crippen molar-refractivity contribution in [2.24, 2.45) is 7.05 Å². The van der Waals surface area contributed by atoms with Crippen molar-refractivity contribution in [2.75, 3.05) is 0 Å². The smallest absolute Gasteiger partial charge is 0.339 e. The first kappa shape index (κ1) is 16.8. The fourth-order valence-corrected chi connectivity index (χ4v) is 2.68. The van der Waals surface area contributed by atoms with Crippen molar-refractivity contribution in [3.05, 3.63) is 46.8 Å². The Labute approximate surface area is 145 Å². The molecule has 0 aromatic carbocycles. The lowest BCUT2D eigenvalue weighted by molar-refractivity contribution is 0.0694. The van der Waals surface area contributed by atoms with Crippen LogP contribution in [-0.2, 0) is 7.05 Å². The van der Waals surface area contributed by atoms with Crippen LogP contribution in [-0.4, -0.2) is 35.8 Å². The van der Waals surface area contributed by atoms with Crippen LogP contribution in [0, 0.1) is 6.92 Å². The van der Waals surface area contributed by atoms with Crippen LogP contribution in [0.1, 0.15) is 52.9 Å². The molecule has 0 bridgehead atoms. The molecule has 0 aliphatic carbocycles. The van der Waals surface area contributed by atoms with Gasteiger partial charge in [-0.2, -0.15) is 5.10 Å². The Kier molecular flexibility index (Phi) is 4.31. The molecule has 1 N–H and O–H groups in total. The van der Waals surface area contributed by atoms with Gasteiger partial charge >= 0.3 is 5.97 Å². The van der Waals surface area contributed by atoms with Crippen molar-refractivity contribution >= 4 is 29.2 Å². The zero-order valence-corrected chi connectivity index (χ0v) is 14.6. The molecule has 3 aromatic rings. The average molecular weight is 337 g/mol. The van der Waals surface area contributed by atoms with Crippen molar-refractivity contribution in [2.45, 2.75) is 26.7 Å². The quantitative estimate of drug-likeness (QED) is 0.786. The summed E-state index contributed by atoms with van der Waals surface area (Å²) in [6, 6.07) is 2.01. The minimum Gasteiger partial charge on any atom is -0.478 e. The van der Waals surface area contributed by atoms with Gasteiger partial charge in [-0.05, 0) is 36.6 Å². The van der Waals surface area contributed by atoms with E-state index in [2.05, 4.69) is 20.1 Å². The topological polar surface area (TPSA) is 93.8 Å². The molecule has 0 atom stereocenters. The Balaban J connectivity index is 1.95. The molecule has 25 heavy (non-hydrogen) atoms. The van der Waals surface area contributed by atoms with E-state index in [1.807, 2.05) is 40.0 Å². The van der Waals surface area contributed by atoms with Crippen molar-refractivity contribution in [3.63, 3.8) is 0 Å². The Morgan fingerprint density at radius 3 is 2.68 bits per heavy atom. The molecule has 3 rings (SSSR count). The molecular formula is C18H19N5O2. The molecule has 0 saturated heterocycles. The van der Waals surface area contributed by atoms with E-state index in [0.717, 1.165) is 22.3 Å². The summed E-state index contributed by atoms with van der Waals surface area (Å²) in [5, 5.41) is 14.6. The predicted molar refractivity (Wildman–Crippen MR) is 95.3 cm³/mol. The number of aromatic carboxylic acids is 1. The van der Waals surface area contributed by atoms with E-state index in [4.69, 9.17) is 0 Å². The zero-order valence-electron chi connectivity index (χ0n) is 14.6. The van der Waals surface area contributed by atoms with Crippen LogP contribution in [0.4, 0.5) is 0 Å². The highest BCUT2D eigenvalue weighted by atomic mass is 16.4. The maximum atomic E-state index is 11.3. The van der Waals surface area contributed by atoms with Gasteiger partial charge in [0.05, 0.1) is 17.0 Å². The minimum atomic E-state index is -1.01. The standard InChI is InChI=1S/C18H19N5O2/c1-10(2)16-14(18(24)25)9-19-15(21-16)6-5-12-7-13-11(3)22-23(4)17(13)20-8-12/h5-10H,1-4H3,(H,24,25)/b6-5+. The van der Waals surface area contributed by atoms with Crippen molar-refractivity contribution < 1.29 is 9.90 Å². The lowest BCUT2D eigenvalue weighted by Gasteiger charge is -2.08. The molecule has 0 aliphatic rings. The normalized spacial score (nSPS) is 11.7. The number of carbonyl (C=O) groups is 1. The molecule has 0 aliphatic heterocycles. The van der Waals surface area contributed by atoms with Crippen molar-refractivity contribution in [1.29, 1.82) is 0 Å². The van der Waals surface area contributed by atoms with Crippen LogP contribution in [0.2, 0.25) is 0 Å². The fourth-order valence-electron chi connectivity index (χ4n) is 2.68. The van der Waals surface area contributed by atoms with Crippen LogP contribution in [0.3, 0.4) is 0 Å². The maximum Gasteiger partial charge on any atom is 0.339 e. The number of carboxylic acids is 1. The Bertz CT molecular complexity index is 989.